The van der Waals surface area contributed by atoms with Crippen molar-refractivity contribution in [2.24, 2.45) is 0 Å². The van der Waals surface area contributed by atoms with Crippen LogP contribution in [-0.2, 0) is 37.9 Å². The van der Waals surface area contributed by atoms with Gasteiger partial charge in [0.2, 0.25) is 0 Å². The Morgan fingerprint density at radius 1 is 0.595 bits per heavy atom. The second kappa shape index (κ2) is 13.6. The zero-order chi connectivity index (χ0) is 27.6. The first-order valence-corrected chi connectivity index (χ1v) is 12.6. The summed E-state index contributed by atoms with van der Waals surface area (Å²) in [5, 5.41) is 22.9. The van der Waals surface area contributed by atoms with Crippen LogP contribution in [0.15, 0.2) is 36.4 Å². The first-order chi connectivity index (χ1) is 17.3. The third kappa shape index (κ3) is 9.83. The molecule has 2 rings (SSSR count). The molecule has 0 amide bonds. The maximum absolute atomic E-state index is 11.5. The summed E-state index contributed by atoms with van der Waals surface area (Å²) in [4.78, 5) is 22.2. The lowest BCUT2D eigenvalue weighted by molar-refractivity contribution is -0.385. The number of hydrogen-bond donors (Lipinski definition) is 0. The standard InChI is InChI=1S/C28H40N2O7/c1-27(2,3)23-9-7-21(25(19-23)29(31)32)11-13-35-15-17-37-18-16-36-14-12-22-8-10-24(28(4,5)6)20-26(22)30(33)34/h7-10,19-20H,11-18H2,1-6H3. The van der Waals surface area contributed by atoms with Crippen LogP contribution in [0.2, 0.25) is 0 Å². The van der Waals surface area contributed by atoms with Crippen LogP contribution in [0, 0.1) is 20.2 Å². The van der Waals surface area contributed by atoms with E-state index in [1.54, 1.807) is 12.1 Å². The second-order valence-corrected chi connectivity index (χ2v) is 11.0. The summed E-state index contributed by atoms with van der Waals surface area (Å²) in [5.41, 5.74) is 3.10. The van der Waals surface area contributed by atoms with Crippen molar-refractivity contribution >= 4 is 11.4 Å². The van der Waals surface area contributed by atoms with Crippen molar-refractivity contribution in [1.29, 1.82) is 0 Å². The van der Waals surface area contributed by atoms with Crippen molar-refractivity contribution < 1.29 is 24.1 Å². The number of nitro benzene ring substituents is 2. The van der Waals surface area contributed by atoms with E-state index in [1.807, 2.05) is 65.8 Å². The Labute approximate surface area is 219 Å². The average Bonchev–Trinajstić information content (AvgIpc) is 2.81. The molecule has 9 heteroatoms. The van der Waals surface area contributed by atoms with E-state index in [1.165, 1.54) is 0 Å². The summed E-state index contributed by atoms with van der Waals surface area (Å²) >= 11 is 0. The highest BCUT2D eigenvalue weighted by atomic mass is 16.6. The maximum atomic E-state index is 11.5. The molecular formula is C28H40N2O7. The van der Waals surface area contributed by atoms with E-state index in [2.05, 4.69) is 0 Å². The minimum Gasteiger partial charge on any atom is -0.379 e. The second-order valence-electron chi connectivity index (χ2n) is 11.0. The summed E-state index contributed by atoms with van der Waals surface area (Å²) in [6, 6.07) is 10.8. The zero-order valence-corrected chi connectivity index (χ0v) is 22.9. The van der Waals surface area contributed by atoms with Crippen LogP contribution in [0.5, 0.6) is 0 Å². The number of hydrogen-bond acceptors (Lipinski definition) is 7. The molecule has 0 atom stereocenters. The van der Waals surface area contributed by atoms with Crippen molar-refractivity contribution in [2.75, 3.05) is 39.6 Å². The Morgan fingerprint density at radius 3 is 1.22 bits per heavy atom. The van der Waals surface area contributed by atoms with Gasteiger partial charge in [0.25, 0.3) is 11.4 Å². The minimum atomic E-state index is -0.340. The highest BCUT2D eigenvalue weighted by Gasteiger charge is 2.21. The molecule has 0 aromatic heterocycles. The number of benzene rings is 2. The third-order valence-electron chi connectivity index (χ3n) is 6.07. The van der Waals surface area contributed by atoms with Gasteiger partial charge in [-0.05, 0) is 22.0 Å². The van der Waals surface area contributed by atoms with Gasteiger partial charge in [0, 0.05) is 36.1 Å². The smallest absolute Gasteiger partial charge is 0.272 e. The number of ether oxygens (including phenoxy) is 3. The highest BCUT2D eigenvalue weighted by Crippen LogP contribution is 2.30. The lowest BCUT2D eigenvalue weighted by atomic mass is 9.86. The molecule has 0 saturated carbocycles. The van der Waals surface area contributed by atoms with Gasteiger partial charge in [0.05, 0.1) is 49.5 Å². The molecule has 9 nitrogen and oxygen atoms in total. The van der Waals surface area contributed by atoms with Gasteiger partial charge in [-0.15, -0.1) is 0 Å². The molecule has 0 saturated heterocycles. The predicted molar refractivity (Wildman–Crippen MR) is 143 cm³/mol. The first-order valence-electron chi connectivity index (χ1n) is 12.6. The molecule has 0 bridgehead atoms. The van der Waals surface area contributed by atoms with Crippen LogP contribution in [0.1, 0.15) is 63.8 Å². The minimum absolute atomic E-state index is 0.125. The summed E-state index contributed by atoms with van der Waals surface area (Å²) in [6.07, 6.45) is 0.902. The third-order valence-corrected chi connectivity index (χ3v) is 6.07. The molecule has 0 fully saturated rings. The van der Waals surface area contributed by atoms with Crippen molar-refractivity contribution in [2.45, 2.75) is 65.2 Å². The van der Waals surface area contributed by atoms with Crippen LogP contribution in [0.4, 0.5) is 11.4 Å². The molecule has 0 spiro atoms. The van der Waals surface area contributed by atoms with E-state index in [0.717, 1.165) is 11.1 Å². The van der Waals surface area contributed by atoms with Crippen LogP contribution in [0.25, 0.3) is 0 Å². The van der Waals surface area contributed by atoms with Crippen molar-refractivity contribution in [1.82, 2.24) is 0 Å². The van der Waals surface area contributed by atoms with Crippen molar-refractivity contribution in [3.05, 3.63) is 78.9 Å². The van der Waals surface area contributed by atoms with E-state index < -0.39 is 0 Å². The molecule has 0 unspecified atom stereocenters. The summed E-state index contributed by atoms with van der Waals surface area (Å²) < 4.78 is 16.6. The molecule has 0 radical (unpaired) electrons. The van der Waals surface area contributed by atoms with Crippen LogP contribution >= 0.6 is 0 Å². The number of nitro groups is 2. The van der Waals surface area contributed by atoms with Gasteiger partial charge >= 0.3 is 0 Å². The van der Waals surface area contributed by atoms with Crippen molar-refractivity contribution in [3.63, 3.8) is 0 Å². The molecule has 0 aliphatic carbocycles. The zero-order valence-electron chi connectivity index (χ0n) is 22.9. The van der Waals surface area contributed by atoms with E-state index in [-0.39, 0.29) is 32.1 Å². The SMILES string of the molecule is CC(C)(C)c1ccc(CCOCCOCCOCCc2ccc(C(C)(C)C)cc2[N+](=O)[O-])c([N+](=O)[O-])c1. The monoisotopic (exact) mass is 516 g/mol. The molecule has 0 aliphatic heterocycles. The van der Waals surface area contributed by atoms with Gasteiger partial charge in [0.1, 0.15) is 0 Å². The van der Waals surface area contributed by atoms with Gasteiger partial charge in [-0.1, -0.05) is 65.8 Å². The van der Waals surface area contributed by atoms with Gasteiger partial charge in [-0.3, -0.25) is 20.2 Å². The molecule has 0 aliphatic rings. The van der Waals surface area contributed by atoms with E-state index in [4.69, 9.17) is 14.2 Å². The molecule has 0 heterocycles. The van der Waals surface area contributed by atoms with Gasteiger partial charge in [0.15, 0.2) is 0 Å². The maximum Gasteiger partial charge on any atom is 0.272 e. The largest absolute Gasteiger partial charge is 0.379 e. The Balaban J connectivity index is 1.63. The lowest BCUT2D eigenvalue weighted by Gasteiger charge is -2.19. The molecule has 37 heavy (non-hydrogen) atoms. The van der Waals surface area contributed by atoms with E-state index >= 15 is 0 Å². The fraction of sp³-hybridized carbons (Fsp3) is 0.571. The summed E-state index contributed by atoms with van der Waals surface area (Å²) in [5.74, 6) is 0. The Hall–Kier alpha value is -2.88. The fourth-order valence-corrected chi connectivity index (χ4v) is 3.73. The average molecular weight is 517 g/mol. The Morgan fingerprint density at radius 2 is 0.919 bits per heavy atom. The van der Waals surface area contributed by atoms with E-state index in [9.17, 15) is 20.2 Å². The highest BCUT2D eigenvalue weighted by molar-refractivity contribution is 5.46. The molecular weight excluding hydrogens is 476 g/mol. The molecule has 2 aromatic carbocycles. The number of rotatable bonds is 14. The Kier molecular flexibility index (Phi) is 11.2. The van der Waals surface area contributed by atoms with Gasteiger partial charge < -0.3 is 14.2 Å². The van der Waals surface area contributed by atoms with E-state index in [0.29, 0.717) is 63.6 Å². The quantitative estimate of drug-likeness (QED) is 0.174. The molecule has 0 N–H and O–H groups in total. The van der Waals surface area contributed by atoms with Crippen LogP contribution in [0.3, 0.4) is 0 Å². The fourth-order valence-electron chi connectivity index (χ4n) is 3.73. The lowest BCUT2D eigenvalue weighted by Crippen LogP contribution is -2.13. The predicted octanol–water partition coefficient (Wildman–Crippen LogP) is 5.93. The Bertz CT molecular complexity index is 972. The first kappa shape index (κ1) is 30.3. The van der Waals surface area contributed by atoms with Gasteiger partial charge in [-0.2, -0.15) is 0 Å². The topological polar surface area (TPSA) is 114 Å². The van der Waals surface area contributed by atoms with Crippen molar-refractivity contribution in [3.8, 4) is 0 Å². The molecule has 2 aromatic rings. The summed E-state index contributed by atoms with van der Waals surface area (Å²) in [6.45, 7) is 14.4. The van der Waals surface area contributed by atoms with Crippen LogP contribution < -0.4 is 0 Å². The normalized spacial score (nSPS) is 12.1. The number of nitrogens with zero attached hydrogens (tertiary/aromatic N) is 2. The molecule has 204 valence electrons. The van der Waals surface area contributed by atoms with Crippen LogP contribution in [-0.4, -0.2) is 49.5 Å². The van der Waals surface area contributed by atoms with Gasteiger partial charge in [-0.25, -0.2) is 0 Å². The summed E-state index contributed by atoms with van der Waals surface area (Å²) in [7, 11) is 0.